The Morgan fingerprint density at radius 1 is 1.28 bits per heavy atom. The van der Waals surface area contributed by atoms with Crippen LogP contribution in [0, 0.1) is 0 Å². The normalized spacial score (nSPS) is 23.2. The number of rotatable bonds is 4. The first-order chi connectivity index (χ1) is 12.1. The number of nitrogens with one attached hydrogen (secondary N) is 2. The second kappa shape index (κ2) is 7.84. The zero-order valence-corrected chi connectivity index (χ0v) is 14.4. The van der Waals surface area contributed by atoms with Crippen molar-refractivity contribution in [1.82, 2.24) is 15.5 Å². The Morgan fingerprint density at radius 3 is 2.72 bits per heavy atom. The highest BCUT2D eigenvalue weighted by Gasteiger charge is 2.37. The first-order valence-electron chi connectivity index (χ1n) is 8.27. The van der Waals surface area contributed by atoms with Crippen LogP contribution in [0.25, 0.3) is 0 Å². The minimum absolute atomic E-state index is 0.0815. The summed E-state index contributed by atoms with van der Waals surface area (Å²) in [4.78, 5) is 38.0. The summed E-state index contributed by atoms with van der Waals surface area (Å²) in [7, 11) is 0. The topological polar surface area (TPSA) is 87.7 Å². The zero-order valence-electron chi connectivity index (χ0n) is 13.7. The summed E-state index contributed by atoms with van der Waals surface area (Å²) in [6, 6.07) is 6.26. The number of carbonyl (C=O) groups excluding carboxylic acids is 3. The molecule has 2 fully saturated rings. The summed E-state index contributed by atoms with van der Waals surface area (Å²) in [6.45, 7) is 1.17. The van der Waals surface area contributed by atoms with Crippen molar-refractivity contribution in [2.45, 2.75) is 25.0 Å². The lowest BCUT2D eigenvalue weighted by Crippen LogP contribution is -2.53. The molecule has 2 saturated heterocycles. The molecular formula is C17H20ClN3O4. The quantitative estimate of drug-likeness (QED) is 0.819. The molecule has 0 bridgehead atoms. The van der Waals surface area contributed by atoms with Crippen LogP contribution in [-0.4, -0.2) is 55.0 Å². The Hall–Kier alpha value is -2.12. The van der Waals surface area contributed by atoms with E-state index < -0.39 is 18.1 Å². The maximum Gasteiger partial charge on any atom is 0.252 e. The minimum atomic E-state index is -0.941. The molecule has 0 aromatic heterocycles. The molecule has 0 radical (unpaired) electrons. The van der Waals surface area contributed by atoms with E-state index >= 15 is 0 Å². The van der Waals surface area contributed by atoms with E-state index in [0.29, 0.717) is 10.6 Å². The zero-order chi connectivity index (χ0) is 17.8. The number of amides is 3. The van der Waals surface area contributed by atoms with E-state index in [-0.39, 0.29) is 25.0 Å². The number of likely N-dealkylation sites (tertiary alicyclic amines) is 1. The Kier molecular flexibility index (Phi) is 5.55. The van der Waals surface area contributed by atoms with Gasteiger partial charge in [-0.2, -0.15) is 0 Å². The van der Waals surface area contributed by atoms with Gasteiger partial charge in [-0.1, -0.05) is 29.8 Å². The van der Waals surface area contributed by atoms with Crippen LogP contribution in [0.5, 0.6) is 0 Å². The van der Waals surface area contributed by atoms with E-state index in [0.717, 1.165) is 25.9 Å². The van der Waals surface area contributed by atoms with Gasteiger partial charge in [0.15, 0.2) is 6.10 Å². The molecule has 8 heteroatoms. The fraction of sp³-hybridized carbons (Fsp3) is 0.471. The molecular weight excluding hydrogens is 346 g/mol. The minimum Gasteiger partial charge on any atom is -0.356 e. The van der Waals surface area contributed by atoms with Crippen molar-refractivity contribution in [3.63, 3.8) is 0 Å². The molecule has 25 heavy (non-hydrogen) atoms. The standard InChI is InChI=1S/C17H20ClN3O4/c18-12-6-2-1-5-11(12)15-16(25-10-13(22)20-15)17(24)19-9-14(23)21-7-3-4-8-21/h1-2,5-6,15-16H,3-4,7-10H2,(H,19,24)(H,20,22)/t15-,16+/m1/s1. The second-order valence-corrected chi connectivity index (χ2v) is 6.51. The summed E-state index contributed by atoms with van der Waals surface area (Å²) < 4.78 is 5.42. The molecule has 2 heterocycles. The van der Waals surface area contributed by atoms with E-state index in [1.54, 1.807) is 29.2 Å². The van der Waals surface area contributed by atoms with Gasteiger partial charge in [0.25, 0.3) is 5.91 Å². The number of nitrogens with zero attached hydrogens (tertiary/aromatic N) is 1. The highest BCUT2D eigenvalue weighted by Crippen LogP contribution is 2.28. The number of hydrogen-bond acceptors (Lipinski definition) is 4. The van der Waals surface area contributed by atoms with Crippen LogP contribution in [-0.2, 0) is 19.1 Å². The van der Waals surface area contributed by atoms with E-state index in [2.05, 4.69) is 10.6 Å². The number of carbonyl (C=O) groups is 3. The molecule has 1 aromatic carbocycles. The van der Waals surface area contributed by atoms with Gasteiger partial charge in [-0.3, -0.25) is 14.4 Å². The van der Waals surface area contributed by atoms with Crippen LogP contribution in [0.4, 0.5) is 0 Å². The summed E-state index contributed by atoms with van der Waals surface area (Å²) in [5.41, 5.74) is 0.600. The molecule has 3 amide bonds. The van der Waals surface area contributed by atoms with Crippen molar-refractivity contribution in [3.05, 3.63) is 34.9 Å². The number of benzene rings is 1. The van der Waals surface area contributed by atoms with Crippen molar-refractivity contribution in [1.29, 1.82) is 0 Å². The highest BCUT2D eigenvalue weighted by molar-refractivity contribution is 6.31. The van der Waals surface area contributed by atoms with E-state index in [9.17, 15) is 14.4 Å². The Balaban J connectivity index is 1.67. The van der Waals surface area contributed by atoms with Crippen LogP contribution >= 0.6 is 11.6 Å². The smallest absolute Gasteiger partial charge is 0.252 e. The lowest BCUT2D eigenvalue weighted by molar-refractivity contribution is -0.149. The molecule has 2 aliphatic heterocycles. The summed E-state index contributed by atoms with van der Waals surface area (Å²) in [6.07, 6.45) is 1.04. The maximum absolute atomic E-state index is 12.5. The number of hydrogen-bond donors (Lipinski definition) is 2. The van der Waals surface area contributed by atoms with Crippen molar-refractivity contribution < 1.29 is 19.1 Å². The van der Waals surface area contributed by atoms with Gasteiger partial charge in [-0.05, 0) is 24.5 Å². The van der Waals surface area contributed by atoms with Crippen LogP contribution < -0.4 is 10.6 Å². The van der Waals surface area contributed by atoms with Crippen LogP contribution in [0.3, 0.4) is 0 Å². The van der Waals surface area contributed by atoms with Gasteiger partial charge in [0.05, 0.1) is 12.6 Å². The van der Waals surface area contributed by atoms with Crippen LogP contribution in [0.1, 0.15) is 24.4 Å². The summed E-state index contributed by atoms with van der Waals surface area (Å²) in [5.74, 6) is -0.875. The molecule has 1 aromatic rings. The van der Waals surface area contributed by atoms with E-state index in [4.69, 9.17) is 16.3 Å². The molecule has 2 aliphatic rings. The third kappa shape index (κ3) is 4.11. The van der Waals surface area contributed by atoms with Crippen molar-refractivity contribution >= 4 is 29.3 Å². The number of halogens is 1. The molecule has 7 nitrogen and oxygen atoms in total. The first kappa shape index (κ1) is 17.7. The fourth-order valence-electron chi connectivity index (χ4n) is 3.09. The van der Waals surface area contributed by atoms with Crippen molar-refractivity contribution in [3.8, 4) is 0 Å². The molecule has 2 atom stereocenters. The Bertz CT molecular complexity index is 676. The second-order valence-electron chi connectivity index (χ2n) is 6.10. The first-order valence-corrected chi connectivity index (χ1v) is 8.65. The molecule has 0 saturated carbocycles. The Labute approximate surface area is 150 Å². The van der Waals surface area contributed by atoms with Crippen molar-refractivity contribution in [2.24, 2.45) is 0 Å². The van der Waals surface area contributed by atoms with Gasteiger partial charge in [-0.15, -0.1) is 0 Å². The SMILES string of the molecule is O=C1CO[C@H](C(=O)NCC(=O)N2CCCC2)[C@@H](c2ccccc2Cl)N1. The van der Waals surface area contributed by atoms with Crippen LogP contribution in [0.2, 0.25) is 5.02 Å². The van der Waals surface area contributed by atoms with Crippen molar-refractivity contribution in [2.75, 3.05) is 26.2 Å². The lowest BCUT2D eigenvalue weighted by Gasteiger charge is -2.32. The summed E-state index contributed by atoms with van der Waals surface area (Å²) >= 11 is 6.19. The molecule has 0 unspecified atom stereocenters. The van der Waals surface area contributed by atoms with E-state index in [1.807, 2.05) is 0 Å². The fourth-order valence-corrected chi connectivity index (χ4v) is 3.34. The van der Waals surface area contributed by atoms with Crippen LogP contribution in [0.15, 0.2) is 24.3 Å². The summed E-state index contributed by atoms with van der Waals surface area (Å²) in [5, 5.41) is 5.79. The highest BCUT2D eigenvalue weighted by atomic mass is 35.5. The average Bonchev–Trinajstić information content (AvgIpc) is 3.14. The number of morpholine rings is 1. The average molecular weight is 366 g/mol. The largest absolute Gasteiger partial charge is 0.356 e. The van der Waals surface area contributed by atoms with E-state index in [1.165, 1.54) is 0 Å². The van der Waals surface area contributed by atoms with Gasteiger partial charge >= 0.3 is 0 Å². The maximum atomic E-state index is 12.5. The van der Waals surface area contributed by atoms with Gasteiger partial charge in [0, 0.05) is 18.1 Å². The predicted molar refractivity (Wildman–Crippen MR) is 90.9 cm³/mol. The van der Waals surface area contributed by atoms with Gasteiger partial charge in [-0.25, -0.2) is 0 Å². The molecule has 3 rings (SSSR count). The molecule has 134 valence electrons. The third-order valence-electron chi connectivity index (χ3n) is 4.38. The Morgan fingerprint density at radius 2 is 2.00 bits per heavy atom. The molecule has 0 spiro atoms. The monoisotopic (exact) mass is 365 g/mol. The number of ether oxygens (including phenoxy) is 1. The molecule has 2 N–H and O–H groups in total. The third-order valence-corrected chi connectivity index (χ3v) is 4.73. The van der Waals surface area contributed by atoms with Gasteiger partial charge in [0.2, 0.25) is 11.8 Å². The van der Waals surface area contributed by atoms with Gasteiger partial charge < -0.3 is 20.3 Å². The lowest BCUT2D eigenvalue weighted by atomic mass is 9.99. The predicted octanol–water partition coefficient (Wildman–Crippen LogP) is 0.635. The van der Waals surface area contributed by atoms with Gasteiger partial charge in [0.1, 0.15) is 6.61 Å². The molecule has 0 aliphatic carbocycles.